The van der Waals surface area contributed by atoms with Gasteiger partial charge in [-0.25, -0.2) is 18.0 Å². The van der Waals surface area contributed by atoms with Gasteiger partial charge in [0, 0.05) is 28.4 Å². The molecule has 0 saturated carbocycles. The highest BCUT2D eigenvalue weighted by molar-refractivity contribution is 7.93. The van der Waals surface area contributed by atoms with Gasteiger partial charge in [-0.3, -0.25) is 14.3 Å². The van der Waals surface area contributed by atoms with Gasteiger partial charge in [0.15, 0.2) is 16.7 Å². The van der Waals surface area contributed by atoms with Crippen LogP contribution in [-0.4, -0.2) is 35.2 Å². The van der Waals surface area contributed by atoms with Crippen LogP contribution in [0.15, 0.2) is 132 Å². The number of phenols is 2. The number of hydrogen-bond acceptors (Lipinski definition) is 12. The van der Waals surface area contributed by atoms with Crippen LogP contribution in [0.5, 0.6) is 23.0 Å². The van der Waals surface area contributed by atoms with Crippen molar-refractivity contribution in [3.05, 3.63) is 155 Å². The quantitative estimate of drug-likeness (QED) is 0.0960. The molecule has 1 unspecified atom stereocenters. The summed E-state index contributed by atoms with van der Waals surface area (Å²) in [5.74, 6) is -3.56. The van der Waals surface area contributed by atoms with Crippen molar-refractivity contribution in [3.8, 4) is 23.0 Å². The van der Waals surface area contributed by atoms with Crippen LogP contribution in [0.1, 0.15) is 43.2 Å². The van der Waals surface area contributed by atoms with Crippen molar-refractivity contribution in [1.82, 2.24) is 4.98 Å². The molecule has 0 spiro atoms. The Balaban J connectivity index is 1.35. The van der Waals surface area contributed by atoms with E-state index in [2.05, 4.69) is 15.0 Å². The first-order valence-electron chi connectivity index (χ1n) is 15.2. The summed E-state index contributed by atoms with van der Waals surface area (Å²) in [6.45, 7) is 0. The van der Waals surface area contributed by atoms with E-state index in [4.69, 9.17) is 9.05 Å². The van der Waals surface area contributed by atoms with Crippen molar-refractivity contribution in [1.29, 1.82) is 0 Å². The third kappa shape index (κ3) is 6.67. The SMILES string of the molecule is O=C1c2cccc(O)c2C(=O)c2c(O)cc(C(Nc3ccc(S(=O)(=O)Nc4nccs4)cc3)P(=O)(Oc3ccccc3)Oc3ccccc3)cc21. The van der Waals surface area contributed by atoms with Crippen molar-refractivity contribution in [2.75, 3.05) is 10.0 Å². The maximum atomic E-state index is 15.2. The average molecular weight is 740 g/mol. The highest BCUT2D eigenvalue weighted by Gasteiger charge is 2.43. The predicted molar refractivity (Wildman–Crippen MR) is 191 cm³/mol. The van der Waals surface area contributed by atoms with Gasteiger partial charge in [-0.15, -0.1) is 11.3 Å². The van der Waals surface area contributed by atoms with E-state index in [0.717, 1.165) is 11.3 Å². The summed E-state index contributed by atoms with van der Waals surface area (Å²) >= 11 is 1.12. The van der Waals surface area contributed by atoms with E-state index in [1.807, 2.05) is 0 Å². The molecule has 0 amide bonds. The van der Waals surface area contributed by atoms with Crippen molar-refractivity contribution in [2.24, 2.45) is 0 Å². The number of ketones is 2. The molecule has 0 fully saturated rings. The second kappa shape index (κ2) is 13.4. The zero-order valence-corrected chi connectivity index (χ0v) is 28.7. The molecule has 0 aliphatic heterocycles. The number of thiazole rings is 1. The Morgan fingerprint density at radius 1 is 0.725 bits per heavy atom. The molecule has 51 heavy (non-hydrogen) atoms. The van der Waals surface area contributed by atoms with Crippen molar-refractivity contribution < 1.29 is 41.8 Å². The number of anilines is 2. The number of nitrogens with zero attached hydrogens (tertiary/aromatic N) is 1. The molecule has 7 rings (SSSR count). The van der Waals surface area contributed by atoms with Crippen molar-refractivity contribution in [3.63, 3.8) is 0 Å². The Labute approximate surface area is 295 Å². The molecule has 1 aliphatic rings. The van der Waals surface area contributed by atoms with E-state index < -0.39 is 46.5 Å². The number of phenolic OH excluding ortho intramolecular Hbond substituents is 2. The first kappa shape index (κ1) is 33.5. The third-order valence-corrected chi connectivity index (χ3v) is 12.0. The van der Waals surface area contributed by atoms with Crippen molar-refractivity contribution in [2.45, 2.75) is 10.7 Å². The van der Waals surface area contributed by atoms with Gasteiger partial charge < -0.3 is 24.6 Å². The molecule has 5 aromatic carbocycles. The summed E-state index contributed by atoms with van der Waals surface area (Å²) in [5, 5.41) is 26.6. The summed E-state index contributed by atoms with van der Waals surface area (Å²) in [4.78, 5) is 31.2. The van der Waals surface area contributed by atoms with Gasteiger partial charge >= 0.3 is 7.60 Å². The van der Waals surface area contributed by atoms with Crippen LogP contribution in [0.2, 0.25) is 0 Å². The molecule has 12 nitrogen and oxygen atoms in total. The maximum absolute atomic E-state index is 15.2. The summed E-state index contributed by atoms with van der Waals surface area (Å²) in [7, 11) is -8.50. The Hall–Kier alpha value is -5.95. The first-order chi connectivity index (χ1) is 24.5. The van der Waals surface area contributed by atoms with Gasteiger partial charge in [0.25, 0.3) is 10.0 Å². The molecule has 6 aromatic rings. The predicted octanol–water partition coefficient (Wildman–Crippen LogP) is 7.59. The van der Waals surface area contributed by atoms with Crippen LogP contribution in [0, 0.1) is 0 Å². The standard InChI is InChI=1S/C36H26N3O9PS2/c40-29-13-7-12-27-31(29)34(43)32-28(33(27)42)20-22(21-30(32)41)35(38-23-14-16-26(17-15-23)51(45,46)39-36-37-18-19-50-36)49(44,47-24-8-3-1-4-9-24)48-25-10-5-2-6-11-25/h1-21,35,38,40-41H,(H,37,39). The van der Waals surface area contributed by atoms with E-state index in [0.29, 0.717) is 0 Å². The van der Waals surface area contributed by atoms with Gasteiger partial charge in [0.2, 0.25) is 5.78 Å². The average Bonchev–Trinajstić information content (AvgIpc) is 3.62. The molecule has 0 bridgehead atoms. The van der Waals surface area contributed by atoms with Gasteiger partial charge in [-0.05, 0) is 72.3 Å². The summed E-state index contributed by atoms with van der Waals surface area (Å²) in [6.07, 6.45) is 1.47. The maximum Gasteiger partial charge on any atom is 0.457 e. The zero-order chi connectivity index (χ0) is 35.8. The van der Waals surface area contributed by atoms with E-state index >= 15 is 4.57 Å². The fraction of sp³-hybridized carbons (Fsp3) is 0.0278. The Bertz CT molecular complexity index is 2380. The van der Waals surface area contributed by atoms with E-state index in [1.54, 1.807) is 66.0 Å². The van der Waals surface area contributed by atoms with Crippen LogP contribution in [0.4, 0.5) is 10.8 Å². The second-order valence-electron chi connectivity index (χ2n) is 11.2. The van der Waals surface area contributed by atoms with Gasteiger partial charge in [-0.1, -0.05) is 48.5 Å². The van der Waals surface area contributed by atoms with E-state index in [1.165, 1.54) is 60.8 Å². The fourth-order valence-electron chi connectivity index (χ4n) is 5.52. The van der Waals surface area contributed by atoms with Gasteiger partial charge in [0.05, 0.1) is 16.0 Å². The Morgan fingerprint density at radius 2 is 1.35 bits per heavy atom. The third-order valence-electron chi connectivity index (χ3n) is 7.83. The number of rotatable bonds is 11. The number of nitrogens with one attached hydrogen (secondary N) is 2. The minimum atomic E-state index is -4.50. The van der Waals surface area contributed by atoms with E-state index in [9.17, 15) is 28.2 Å². The molecule has 1 aromatic heterocycles. The lowest BCUT2D eigenvalue weighted by molar-refractivity contribution is 0.0974. The largest absolute Gasteiger partial charge is 0.507 e. The molecule has 0 radical (unpaired) electrons. The summed E-state index contributed by atoms with van der Waals surface area (Å²) < 4.78 is 55.9. The molecule has 1 atom stereocenters. The molecule has 1 heterocycles. The lowest BCUT2D eigenvalue weighted by Gasteiger charge is -2.30. The van der Waals surface area contributed by atoms with E-state index in [-0.39, 0.29) is 55.0 Å². The number of carbonyl (C=O) groups excluding carboxylic acids is 2. The minimum Gasteiger partial charge on any atom is -0.507 e. The first-order valence-corrected chi connectivity index (χ1v) is 19.2. The normalized spacial score (nSPS) is 13.1. The topological polar surface area (TPSA) is 181 Å². The summed E-state index contributed by atoms with van der Waals surface area (Å²) in [5.41, 5.74) is -0.536. The number of aromatic nitrogens is 1. The Kier molecular flexibility index (Phi) is 8.81. The highest BCUT2D eigenvalue weighted by atomic mass is 32.2. The minimum absolute atomic E-state index is 0.0355. The fourth-order valence-corrected chi connectivity index (χ4v) is 9.21. The lowest BCUT2D eigenvalue weighted by atomic mass is 9.82. The van der Waals surface area contributed by atoms with Gasteiger partial charge in [0.1, 0.15) is 23.0 Å². The molecular formula is C36H26N3O9PS2. The van der Waals surface area contributed by atoms with Crippen LogP contribution < -0.4 is 19.1 Å². The molecule has 1 aliphatic carbocycles. The number of aromatic hydroxyl groups is 2. The van der Waals surface area contributed by atoms with Crippen molar-refractivity contribution >= 4 is 51.3 Å². The van der Waals surface area contributed by atoms with Gasteiger partial charge in [-0.2, -0.15) is 0 Å². The molecule has 4 N–H and O–H groups in total. The number of hydrogen-bond donors (Lipinski definition) is 4. The van der Waals surface area contributed by atoms with Crippen LogP contribution in [0.25, 0.3) is 0 Å². The zero-order valence-electron chi connectivity index (χ0n) is 26.2. The lowest BCUT2D eigenvalue weighted by Crippen LogP contribution is -2.23. The highest BCUT2D eigenvalue weighted by Crippen LogP contribution is 2.61. The second-order valence-corrected chi connectivity index (χ2v) is 15.7. The number of fused-ring (bicyclic) bond motifs is 2. The Morgan fingerprint density at radius 3 is 1.96 bits per heavy atom. The molecule has 256 valence electrons. The number of carbonyl (C=O) groups is 2. The molecule has 0 saturated heterocycles. The number of benzene rings is 5. The number of para-hydroxylation sites is 2. The van der Waals surface area contributed by atoms with Crippen LogP contribution in [-0.2, 0) is 14.6 Å². The molecule has 15 heteroatoms. The monoisotopic (exact) mass is 739 g/mol. The molecular weight excluding hydrogens is 714 g/mol. The van der Waals surface area contributed by atoms with Crippen LogP contribution >= 0.6 is 18.9 Å². The van der Waals surface area contributed by atoms with Crippen LogP contribution in [0.3, 0.4) is 0 Å². The number of sulfonamides is 1. The smallest absolute Gasteiger partial charge is 0.457 e. The summed E-state index contributed by atoms with van der Waals surface area (Å²) in [6, 6.07) is 28.5.